The van der Waals surface area contributed by atoms with Crippen molar-refractivity contribution in [2.45, 2.75) is 4.90 Å². The van der Waals surface area contributed by atoms with Gasteiger partial charge in [0, 0.05) is 10.2 Å². The zero-order valence-corrected chi connectivity index (χ0v) is 22.9. The Balaban J connectivity index is 0.000000668. The predicted octanol–water partition coefficient (Wildman–Crippen LogP) is 8.03. The van der Waals surface area contributed by atoms with Crippen molar-refractivity contribution in [2.75, 3.05) is 6.26 Å². The molecule has 0 atom stereocenters. The minimum atomic E-state index is -1.75. The quantitative estimate of drug-likeness (QED) is 0.125. The second kappa shape index (κ2) is 13.6. The Labute approximate surface area is 212 Å². The van der Waals surface area contributed by atoms with Crippen LogP contribution in [0, 0.1) is 0 Å². The first kappa shape index (κ1) is 25.6. The van der Waals surface area contributed by atoms with Gasteiger partial charge in [-0.15, -0.1) is 11.8 Å². The van der Waals surface area contributed by atoms with Crippen molar-refractivity contribution >= 4 is 64.7 Å². The van der Waals surface area contributed by atoms with Crippen molar-refractivity contribution in [1.29, 1.82) is 0 Å². The monoisotopic (exact) mass is 607 g/mol. The summed E-state index contributed by atoms with van der Waals surface area (Å²) in [7, 11) is 14.1. The van der Waals surface area contributed by atoms with E-state index in [9.17, 15) is 0 Å². The molecule has 1 nitrogen and oxygen atoms in total. The molecule has 4 aromatic carbocycles. The van der Waals surface area contributed by atoms with Crippen LogP contribution in [0.1, 0.15) is 0 Å². The number of rotatable bonds is 6. The van der Waals surface area contributed by atoms with E-state index in [1.165, 1.54) is 15.9 Å². The Morgan fingerprint density at radius 3 is 1.59 bits per heavy atom. The Morgan fingerprint density at radius 1 is 0.625 bits per heavy atom. The molecule has 0 heterocycles. The average molecular weight is 608 g/mol. The summed E-state index contributed by atoms with van der Waals surface area (Å²) in [5.74, 6) is 1.82. The molecule has 0 aliphatic carbocycles. The summed E-state index contributed by atoms with van der Waals surface area (Å²) in [5, 5.41) is 3.86. The van der Waals surface area contributed by atoms with Crippen LogP contribution in [0.2, 0.25) is 0 Å². The number of halogens is 3. The van der Waals surface area contributed by atoms with E-state index in [0.717, 1.165) is 16.4 Å². The fourth-order valence-corrected chi connectivity index (χ4v) is 6.03. The Kier molecular flexibility index (Phi) is 10.9. The topological polar surface area (TPSA) is 9.23 Å². The van der Waals surface area contributed by atoms with Crippen molar-refractivity contribution in [3.8, 4) is 11.5 Å². The molecule has 0 N–H and O–H groups in total. The van der Waals surface area contributed by atoms with Crippen LogP contribution in [0.25, 0.3) is 0 Å². The Hall–Kier alpha value is -1.05. The summed E-state index contributed by atoms with van der Waals surface area (Å²) in [5.41, 5.74) is 0. The van der Waals surface area contributed by atoms with Crippen LogP contribution in [0.5, 0.6) is 11.5 Å². The SMILES string of the molecule is CSc1ccccc1Oc1ccccc1P(c1ccccc1)c1ccccc1.[Cl][Ru]([Cl])[Cl]. The van der Waals surface area contributed by atoms with Gasteiger partial charge in [0.1, 0.15) is 11.5 Å². The molecular weight excluding hydrogens is 587 g/mol. The predicted molar refractivity (Wildman–Crippen MR) is 141 cm³/mol. The standard InChI is InChI=1S/C25H21OPS.3ClH.Ru/c1-28-25-19-11-9-17-23(25)26-22-16-8-10-18-24(22)27(20-12-4-2-5-13-20)21-14-6-3-7-15-21;;;;/h2-19H,1H3;3*1H;/q;;;;+3/p-3. The number of para-hydroxylation sites is 2. The van der Waals surface area contributed by atoms with Crippen molar-refractivity contribution in [3.63, 3.8) is 0 Å². The third kappa shape index (κ3) is 7.49. The number of ether oxygens (including phenoxy) is 1. The van der Waals surface area contributed by atoms with E-state index >= 15 is 0 Å². The molecule has 0 saturated carbocycles. The fourth-order valence-electron chi connectivity index (χ4n) is 3.13. The van der Waals surface area contributed by atoms with Crippen LogP contribution in [-0.2, 0) is 13.0 Å². The summed E-state index contributed by atoms with van der Waals surface area (Å²) in [6, 6.07) is 38.1. The van der Waals surface area contributed by atoms with E-state index in [4.69, 9.17) is 33.8 Å². The summed E-state index contributed by atoms with van der Waals surface area (Å²) in [4.78, 5) is 1.14. The van der Waals surface area contributed by atoms with Crippen LogP contribution in [0.4, 0.5) is 0 Å². The first-order valence-electron chi connectivity index (χ1n) is 9.57. The molecular formula is C25H21Cl3OPRuS. The summed E-state index contributed by atoms with van der Waals surface area (Å²) in [6.07, 6.45) is 2.08. The Morgan fingerprint density at radius 2 is 1.06 bits per heavy atom. The van der Waals surface area contributed by atoms with Crippen molar-refractivity contribution in [2.24, 2.45) is 0 Å². The molecule has 0 fully saturated rings. The van der Waals surface area contributed by atoms with Crippen molar-refractivity contribution in [3.05, 3.63) is 109 Å². The van der Waals surface area contributed by atoms with Gasteiger partial charge in [-0.2, -0.15) is 0 Å². The van der Waals surface area contributed by atoms with Crippen LogP contribution in [0.15, 0.2) is 114 Å². The van der Waals surface area contributed by atoms with Gasteiger partial charge in [-0.05, 0) is 43.0 Å². The van der Waals surface area contributed by atoms with Gasteiger partial charge in [0.05, 0.1) is 0 Å². The second-order valence-corrected chi connectivity index (χ2v) is 17.3. The molecule has 167 valence electrons. The molecule has 32 heavy (non-hydrogen) atoms. The van der Waals surface area contributed by atoms with Crippen molar-refractivity contribution in [1.82, 2.24) is 0 Å². The number of benzene rings is 4. The van der Waals surface area contributed by atoms with E-state index in [1.807, 2.05) is 24.3 Å². The molecule has 0 spiro atoms. The van der Waals surface area contributed by atoms with E-state index in [1.54, 1.807) is 11.8 Å². The van der Waals surface area contributed by atoms with Gasteiger partial charge in [0.25, 0.3) is 0 Å². The average Bonchev–Trinajstić information content (AvgIpc) is 2.82. The van der Waals surface area contributed by atoms with E-state index in [2.05, 4.69) is 91.2 Å². The summed E-state index contributed by atoms with van der Waals surface area (Å²) < 4.78 is 6.45. The summed E-state index contributed by atoms with van der Waals surface area (Å²) >= 11 is -0.0514. The van der Waals surface area contributed by atoms with Crippen LogP contribution < -0.4 is 20.7 Å². The van der Waals surface area contributed by atoms with Gasteiger partial charge in [0.15, 0.2) is 0 Å². The first-order valence-corrected chi connectivity index (χ1v) is 18.8. The first-order chi connectivity index (χ1) is 15.6. The molecule has 0 aliphatic rings. The molecule has 0 unspecified atom stereocenters. The molecule has 7 heteroatoms. The van der Waals surface area contributed by atoms with Gasteiger partial charge >= 0.3 is 42.1 Å². The molecule has 0 bridgehead atoms. The van der Waals surface area contributed by atoms with Gasteiger partial charge in [-0.1, -0.05) is 91.0 Å². The molecule has 0 radical (unpaired) electrons. The zero-order chi connectivity index (χ0) is 22.8. The Bertz CT molecular complexity index is 1060. The fraction of sp³-hybridized carbons (Fsp3) is 0.0400. The molecule has 0 saturated heterocycles. The van der Waals surface area contributed by atoms with E-state index in [0.29, 0.717) is 0 Å². The third-order valence-electron chi connectivity index (χ3n) is 4.42. The molecule has 4 rings (SSSR count). The van der Waals surface area contributed by atoms with E-state index < -0.39 is 20.9 Å². The second-order valence-electron chi connectivity index (χ2n) is 6.38. The molecule has 0 amide bonds. The maximum absolute atomic E-state index is 6.45. The number of hydrogen-bond acceptors (Lipinski definition) is 2. The van der Waals surface area contributed by atoms with Crippen molar-refractivity contribution < 1.29 is 17.7 Å². The normalized spacial score (nSPS) is 10.8. The van der Waals surface area contributed by atoms with Gasteiger partial charge < -0.3 is 4.74 Å². The maximum atomic E-state index is 6.45. The van der Waals surface area contributed by atoms with Gasteiger partial charge in [0.2, 0.25) is 0 Å². The minimum absolute atomic E-state index is 0.709. The van der Waals surface area contributed by atoms with Crippen LogP contribution in [-0.4, -0.2) is 6.26 Å². The molecule has 0 aliphatic heterocycles. The van der Waals surface area contributed by atoms with Gasteiger partial charge in [-0.25, -0.2) is 0 Å². The van der Waals surface area contributed by atoms with Crippen LogP contribution in [0.3, 0.4) is 0 Å². The van der Waals surface area contributed by atoms with E-state index in [-0.39, 0.29) is 0 Å². The number of thioether (sulfide) groups is 1. The number of hydrogen-bond donors (Lipinski definition) is 0. The third-order valence-corrected chi connectivity index (χ3v) is 7.68. The zero-order valence-electron chi connectivity index (χ0n) is 17.1. The molecule has 4 aromatic rings. The molecule has 0 aromatic heterocycles. The van der Waals surface area contributed by atoms with Gasteiger partial charge in [-0.3, -0.25) is 0 Å². The summed E-state index contributed by atoms with van der Waals surface area (Å²) in [6.45, 7) is 0. The van der Waals surface area contributed by atoms with Crippen LogP contribution >= 0.6 is 48.8 Å².